The standard InChI is InChI=1S/C4H9NO/c1-3-4(2)5-6/h4H,3H2,1-2H3/t4-/m0/s1. The van der Waals surface area contributed by atoms with Crippen LogP contribution in [-0.2, 0) is 0 Å². The van der Waals surface area contributed by atoms with Gasteiger partial charge in [0.2, 0.25) is 0 Å². The Morgan fingerprint density at radius 3 is 2.33 bits per heavy atom. The van der Waals surface area contributed by atoms with Crippen molar-refractivity contribution < 1.29 is 0 Å². The maximum atomic E-state index is 9.49. The number of nitroso groups, excluding NO2 is 1. The minimum absolute atomic E-state index is 0.00463. The summed E-state index contributed by atoms with van der Waals surface area (Å²) in [5, 5.41) is 2.76. The van der Waals surface area contributed by atoms with Crippen LogP contribution < -0.4 is 0 Å². The van der Waals surface area contributed by atoms with Gasteiger partial charge in [0.05, 0.1) is 6.04 Å². The molecule has 0 fully saturated rings. The van der Waals surface area contributed by atoms with Gasteiger partial charge in [0.1, 0.15) is 0 Å². The number of hydrogen-bond donors (Lipinski definition) is 0. The second-order valence-electron chi connectivity index (χ2n) is 1.36. The predicted molar refractivity (Wildman–Crippen MR) is 25.5 cm³/mol. The Morgan fingerprint density at radius 2 is 2.33 bits per heavy atom. The third kappa shape index (κ3) is 1.88. The van der Waals surface area contributed by atoms with E-state index in [2.05, 4.69) is 5.18 Å². The molecule has 0 saturated carbocycles. The molecule has 0 heterocycles. The maximum absolute atomic E-state index is 9.49. The highest BCUT2D eigenvalue weighted by atomic mass is 16.3. The summed E-state index contributed by atoms with van der Waals surface area (Å²) in [6.07, 6.45) is 0.851. The van der Waals surface area contributed by atoms with Crippen LogP contribution in [-0.4, -0.2) is 6.04 Å². The smallest absolute Gasteiger partial charge is 0.0889 e. The summed E-state index contributed by atoms with van der Waals surface area (Å²) < 4.78 is 0. The van der Waals surface area contributed by atoms with E-state index in [1.165, 1.54) is 0 Å². The van der Waals surface area contributed by atoms with E-state index in [-0.39, 0.29) is 6.04 Å². The molecule has 6 heavy (non-hydrogen) atoms. The van der Waals surface area contributed by atoms with Gasteiger partial charge in [-0.2, -0.15) is 4.91 Å². The van der Waals surface area contributed by atoms with Crippen molar-refractivity contribution in [1.29, 1.82) is 0 Å². The van der Waals surface area contributed by atoms with Crippen molar-refractivity contribution in [1.82, 2.24) is 0 Å². The lowest BCUT2D eigenvalue weighted by Crippen LogP contribution is -1.89. The average molecular weight is 87.1 g/mol. The molecule has 0 aliphatic heterocycles. The van der Waals surface area contributed by atoms with Gasteiger partial charge >= 0.3 is 0 Å². The number of hydrogen-bond acceptors (Lipinski definition) is 2. The molecule has 0 amide bonds. The fraction of sp³-hybridized carbons (Fsp3) is 1.00. The first-order chi connectivity index (χ1) is 2.81. The SMILES string of the molecule is CC[C@H](C)N=O. The minimum atomic E-state index is 0.00463. The van der Waals surface area contributed by atoms with Crippen molar-refractivity contribution >= 4 is 0 Å². The molecular formula is C4H9NO. The molecule has 0 aromatic carbocycles. The highest BCUT2D eigenvalue weighted by Crippen LogP contribution is 1.90. The Balaban J connectivity index is 2.96. The van der Waals surface area contributed by atoms with Crippen LogP contribution in [0.2, 0.25) is 0 Å². The highest BCUT2D eigenvalue weighted by Gasteiger charge is 1.90. The monoisotopic (exact) mass is 87.1 g/mol. The first kappa shape index (κ1) is 5.60. The third-order valence-electron chi connectivity index (χ3n) is 0.771. The van der Waals surface area contributed by atoms with Gasteiger partial charge in [0, 0.05) is 0 Å². The molecule has 36 valence electrons. The zero-order valence-electron chi connectivity index (χ0n) is 4.14. The largest absolute Gasteiger partial charge is 0.151 e. The molecule has 1 atom stereocenters. The van der Waals surface area contributed by atoms with Crippen molar-refractivity contribution in [3.8, 4) is 0 Å². The topological polar surface area (TPSA) is 29.4 Å². The van der Waals surface area contributed by atoms with Crippen LogP contribution in [0.5, 0.6) is 0 Å². The van der Waals surface area contributed by atoms with Crippen LogP contribution in [0.4, 0.5) is 0 Å². The van der Waals surface area contributed by atoms with Crippen LogP contribution in [0.1, 0.15) is 20.3 Å². The summed E-state index contributed by atoms with van der Waals surface area (Å²) >= 11 is 0. The van der Waals surface area contributed by atoms with E-state index in [4.69, 9.17) is 0 Å². The quantitative estimate of drug-likeness (QED) is 0.470. The van der Waals surface area contributed by atoms with Crippen molar-refractivity contribution in [2.75, 3.05) is 0 Å². The maximum Gasteiger partial charge on any atom is 0.0889 e. The Bertz CT molecular complexity index is 44.8. The van der Waals surface area contributed by atoms with Gasteiger partial charge in [-0.15, -0.1) is 0 Å². The van der Waals surface area contributed by atoms with Gasteiger partial charge in [-0.25, -0.2) is 0 Å². The van der Waals surface area contributed by atoms with Gasteiger partial charge in [0.25, 0.3) is 0 Å². The molecule has 2 nitrogen and oxygen atoms in total. The van der Waals surface area contributed by atoms with Gasteiger partial charge in [-0.1, -0.05) is 12.1 Å². The van der Waals surface area contributed by atoms with Gasteiger partial charge in [-0.05, 0) is 13.3 Å². The van der Waals surface area contributed by atoms with E-state index in [1.807, 2.05) is 6.92 Å². The minimum Gasteiger partial charge on any atom is -0.151 e. The lowest BCUT2D eigenvalue weighted by Gasteiger charge is -1.88. The molecule has 0 unspecified atom stereocenters. The fourth-order valence-electron chi connectivity index (χ4n) is 0.0745. The van der Waals surface area contributed by atoms with E-state index in [1.54, 1.807) is 6.92 Å². The molecule has 0 saturated heterocycles. The van der Waals surface area contributed by atoms with Crippen LogP contribution in [0.15, 0.2) is 5.18 Å². The fourth-order valence-corrected chi connectivity index (χ4v) is 0.0745. The van der Waals surface area contributed by atoms with E-state index in [0.29, 0.717) is 0 Å². The normalized spacial score (nSPS) is 13.7. The van der Waals surface area contributed by atoms with Crippen molar-refractivity contribution in [3.05, 3.63) is 4.91 Å². The molecule has 0 N–H and O–H groups in total. The average Bonchev–Trinajstić information content (AvgIpc) is 1.65. The molecule has 0 aliphatic rings. The van der Waals surface area contributed by atoms with E-state index in [0.717, 1.165) is 6.42 Å². The molecule has 2 heteroatoms. The summed E-state index contributed by atoms with van der Waals surface area (Å²) in [5.41, 5.74) is 0. The molecular weight excluding hydrogens is 78.0 g/mol. The van der Waals surface area contributed by atoms with Crippen LogP contribution >= 0.6 is 0 Å². The zero-order chi connectivity index (χ0) is 4.99. The summed E-state index contributed by atoms with van der Waals surface area (Å²) in [7, 11) is 0. The Labute approximate surface area is 37.5 Å². The van der Waals surface area contributed by atoms with Crippen molar-refractivity contribution in [2.24, 2.45) is 5.18 Å². The zero-order valence-corrected chi connectivity index (χ0v) is 4.14. The van der Waals surface area contributed by atoms with E-state index < -0.39 is 0 Å². The Hall–Kier alpha value is -0.400. The second-order valence-corrected chi connectivity index (χ2v) is 1.36. The first-order valence-corrected chi connectivity index (χ1v) is 2.13. The predicted octanol–water partition coefficient (Wildman–Crippen LogP) is 1.55. The Morgan fingerprint density at radius 1 is 1.83 bits per heavy atom. The summed E-state index contributed by atoms with van der Waals surface area (Å²) in [4.78, 5) is 9.49. The van der Waals surface area contributed by atoms with Crippen LogP contribution in [0.25, 0.3) is 0 Å². The molecule has 0 aromatic rings. The molecule has 0 bridgehead atoms. The molecule has 0 aliphatic carbocycles. The highest BCUT2D eigenvalue weighted by molar-refractivity contribution is 4.51. The summed E-state index contributed by atoms with van der Waals surface area (Å²) in [6.45, 7) is 3.74. The first-order valence-electron chi connectivity index (χ1n) is 2.13. The van der Waals surface area contributed by atoms with Crippen molar-refractivity contribution in [3.63, 3.8) is 0 Å². The molecule has 0 rings (SSSR count). The molecule has 0 aromatic heterocycles. The molecule has 0 spiro atoms. The van der Waals surface area contributed by atoms with E-state index >= 15 is 0 Å². The third-order valence-corrected chi connectivity index (χ3v) is 0.771. The lowest BCUT2D eigenvalue weighted by molar-refractivity contribution is 0.711. The lowest BCUT2D eigenvalue weighted by atomic mass is 10.3. The van der Waals surface area contributed by atoms with Crippen molar-refractivity contribution in [2.45, 2.75) is 26.3 Å². The van der Waals surface area contributed by atoms with Gasteiger partial charge in [-0.3, -0.25) is 0 Å². The van der Waals surface area contributed by atoms with Crippen LogP contribution in [0, 0.1) is 4.91 Å². The van der Waals surface area contributed by atoms with E-state index in [9.17, 15) is 4.91 Å². The van der Waals surface area contributed by atoms with Gasteiger partial charge < -0.3 is 0 Å². The Kier molecular flexibility index (Phi) is 2.63. The summed E-state index contributed by atoms with van der Waals surface area (Å²) in [5.74, 6) is 0. The summed E-state index contributed by atoms with van der Waals surface area (Å²) in [6, 6.07) is 0.00463. The number of rotatable bonds is 2. The van der Waals surface area contributed by atoms with Crippen LogP contribution in [0.3, 0.4) is 0 Å². The molecule has 0 radical (unpaired) electrons. The van der Waals surface area contributed by atoms with Gasteiger partial charge in [0.15, 0.2) is 0 Å². The second kappa shape index (κ2) is 2.82. The number of nitrogens with zero attached hydrogens (tertiary/aromatic N) is 1.